The van der Waals surface area contributed by atoms with E-state index in [-0.39, 0.29) is 12.3 Å². The van der Waals surface area contributed by atoms with E-state index in [4.69, 9.17) is 18.6 Å². The predicted molar refractivity (Wildman–Crippen MR) is 116 cm³/mol. The van der Waals surface area contributed by atoms with E-state index in [0.717, 1.165) is 15.6 Å². The van der Waals surface area contributed by atoms with Gasteiger partial charge in [-0.15, -0.1) is 0 Å². The zero-order valence-electron chi connectivity index (χ0n) is 17.2. The summed E-state index contributed by atoms with van der Waals surface area (Å²) in [7, 11) is 2.85. The number of amides is 1. The van der Waals surface area contributed by atoms with Crippen LogP contribution in [0, 0.1) is 0 Å². The van der Waals surface area contributed by atoms with Crippen LogP contribution in [0.5, 0.6) is 11.5 Å². The Morgan fingerprint density at radius 1 is 1.16 bits per heavy atom. The van der Waals surface area contributed by atoms with Gasteiger partial charge in [0.1, 0.15) is 12.3 Å². The Hall–Kier alpha value is -3.59. The Balaban J connectivity index is 1.82. The maximum absolute atomic E-state index is 12.9. The fraction of sp³-hybridized carbons (Fsp3) is 0.227. The highest BCUT2D eigenvalue weighted by Gasteiger charge is 2.17. The number of carbonyl (C=O) groups excluding carboxylic acids is 2. The summed E-state index contributed by atoms with van der Waals surface area (Å²) in [5.41, 5.74) is 1.22. The predicted octanol–water partition coefficient (Wildman–Crippen LogP) is 3.77. The normalized spacial score (nSPS) is 11.8. The van der Waals surface area contributed by atoms with Crippen LogP contribution in [0.4, 0.5) is 0 Å². The van der Waals surface area contributed by atoms with Gasteiger partial charge < -0.3 is 23.2 Å². The van der Waals surface area contributed by atoms with Crippen molar-refractivity contribution in [2.24, 2.45) is 4.99 Å². The van der Waals surface area contributed by atoms with Gasteiger partial charge in [-0.2, -0.15) is 4.99 Å². The van der Waals surface area contributed by atoms with E-state index >= 15 is 0 Å². The molecule has 0 spiro atoms. The molecule has 0 saturated heterocycles. The lowest BCUT2D eigenvalue weighted by atomic mass is 10.2. The highest BCUT2D eigenvalue weighted by molar-refractivity contribution is 7.16. The Morgan fingerprint density at radius 2 is 2.00 bits per heavy atom. The average Bonchev–Trinajstić information content (AvgIpc) is 3.35. The molecule has 0 atom stereocenters. The van der Waals surface area contributed by atoms with Crippen molar-refractivity contribution in [3.8, 4) is 11.5 Å². The molecule has 0 radical (unpaired) electrons. The van der Waals surface area contributed by atoms with Gasteiger partial charge in [0.15, 0.2) is 21.9 Å². The van der Waals surface area contributed by atoms with Gasteiger partial charge in [-0.1, -0.05) is 23.5 Å². The van der Waals surface area contributed by atoms with Crippen LogP contribution in [0.1, 0.15) is 17.5 Å². The van der Waals surface area contributed by atoms with Crippen molar-refractivity contribution in [2.45, 2.75) is 13.5 Å². The SMILES string of the molecule is CCOc1ccc2c(c1)sc(=NC(=O)c1cc3cccc(OC)c3o1)n2CC(=O)OC. The number of ether oxygens (including phenoxy) is 3. The number of thiazole rings is 1. The van der Waals surface area contributed by atoms with E-state index in [1.165, 1.54) is 25.6 Å². The second-order valence-electron chi connectivity index (χ2n) is 6.52. The lowest BCUT2D eigenvalue weighted by molar-refractivity contribution is -0.141. The minimum atomic E-state index is -0.562. The number of esters is 1. The minimum absolute atomic E-state index is 0.0788. The summed E-state index contributed by atoms with van der Waals surface area (Å²) in [4.78, 5) is 29.4. The monoisotopic (exact) mass is 440 g/mol. The molecule has 4 rings (SSSR count). The van der Waals surface area contributed by atoms with Gasteiger partial charge in [0.25, 0.3) is 0 Å². The van der Waals surface area contributed by atoms with Crippen LogP contribution in [0.3, 0.4) is 0 Å². The molecule has 0 aliphatic carbocycles. The Bertz CT molecular complexity index is 1350. The number of nitrogens with zero attached hydrogens (tertiary/aromatic N) is 2. The summed E-state index contributed by atoms with van der Waals surface area (Å²) >= 11 is 1.28. The Labute approximate surface area is 181 Å². The molecule has 0 N–H and O–H groups in total. The van der Waals surface area contributed by atoms with Crippen LogP contribution < -0.4 is 14.3 Å². The van der Waals surface area contributed by atoms with Crippen LogP contribution in [0.15, 0.2) is 51.9 Å². The van der Waals surface area contributed by atoms with Crippen molar-refractivity contribution >= 4 is 44.4 Å². The lowest BCUT2D eigenvalue weighted by Crippen LogP contribution is -2.22. The fourth-order valence-electron chi connectivity index (χ4n) is 3.19. The van der Waals surface area contributed by atoms with Gasteiger partial charge in [0.05, 0.1) is 31.0 Å². The van der Waals surface area contributed by atoms with E-state index in [9.17, 15) is 9.59 Å². The minimum Gasteiger partial charge on any atom is -0.494 e. The van der Waals surface area contributed by atoms with Crippen molar-refractivity contribution in [3.63, 3.8) is 0 Å². The number of benzene rings is 2. The average molecular weight is 440 g/mol. The van der Waals surface area contributed by atoms with E-state index < -0.39 is 11.9 Å². The second-order valence-corrected chi connectivity index (χ2v) is 7.52. The molecule has 0 aliphatic rings. The van der Waals surface area contributed by atoms with E-state index in [0.29, 0.717) is 28.5 Å². The number of para-hydroxylation sites is 1. The maximum atomic E-state index is 12.9. The number of hydrogen-bond acceptors (Lipinski definition) is 7. The molecule has 0 bridgehead atoms. The van der Waals surface area contributed by atoms with Crippen LogP contribution in [-0.4, -0.2) is 37.3 Å². The third kappa shape index (κ3) is 4.04. The Morgan fingerprint density at radius 3 is 2.74 bits per heavy atom. The summed E-state index contributed by atoms with van der Waals surface area (Å²) in [6.45, 7) is 2.35. The Kier molecular flexibility index (Phi) is 5.77. The molecule has 160 valence electrons. The number of rotatable bonds is 6. The molecule has 2 heterocycles. The van der Waals surface area contributed by atoms with E-state index in [1.807, 2.05) is 37.3 Å². The molecule has 31 heavy (non-hydrogen) atoms. The topological polar surface area (TPSA) is 92.3 Å². The fourth-order valence-corrected chi connectivity index (χ4v) is 4.24. The molecular formula is C22H20N2O6S. The lowest BCUT2D eigenvalue weighted by Gasteiger charge is -2.05. The first kappa shape index (κ1) is 20.7. The first-order valence-corrected chi connectivity index (χ1v) is 10.3. The molecule has 2 aromatic carbocycles. The largest absolute Gasteiger partial charge is 0.494 e. The summed E-state index contributed by atoms with van der Waals surface area (Å²) in [5, 5.41) is 0.734. The zero-order chi connectivity index (χ0) is 22.0. The number of methoxy groups -OCH3 is 2. The van der Waals surface area contributed by atoms with Crippen molar-refractivity contribution < 1.29 is 28.2 Å². The van der Waals surface area contributed by atoms with Crippen LogP contribution >= 0.6 is 11.3 Å². The van der Waals surface area contributed by atoms with E-state index in [1.54, 1.807) is 16.7 Å². The number of furan rings is 1. The number of carbonyl (C=O) groups is 2. The first-order chi connectivity index (χ1) is 15.0. The molecule has 4 aromatic rings. The van der Waals surface area contributed by atoms with Crippen LogP contribution in [0.2, 0.25) is 0 Å². The summed E-state index contributed by atoms with van der Waals surface area (Å²) in [6.07, 6.45) is 0. The zero-order valence-corrected chi connectivity index (χ0v) is 18.0. The molecule has 2 aromatic heterocycles. The molecule has 8 nitrogen and oxygen atoms in total. The van der Waals surface area contributed by atoms with Crippen molar-refractivity contribution in [3.05, 3.63) is 53.0 Å². The molecule has 0 fully saturated rings. The smallest absolute Gasteiger partial charge is 0.325 e. The third-order valence-corrected chi connectivity index (χ3v) is 5.66. The molecule has 1 amide bonds. The second kappa shape index (κ2) is 8.65. The molecule has 0 saturated carbocycles. The quantitative estimate of drug-likeness (QED) is 0.424. The van der Waals surface area contributed by atoms with Gasteiger partial charge in [0.2, 0.25) is 0 Å². The summed E-state index contributed by atoms with van der Waals surface area (Å²) in [5.74, 6) is 0.298. The van der Waals surface area contributed by atoms with Crippen molar-refractivity contribution in [1.82, 2.24) is 4.57 Å². The summed E-state index contributed by atoms with van der Waals surface area (Å²) in [6, 6.07) is 12.5. The van der Waals surface area contributed by atoms with Gasteiger partial charge in [-0.05, 0) is 37.3 Å². The first-order valence-electron chi connectivity index (χ1n) is 9.52. The highest BCUT2D eigenvalue weighted by Crippen LogP contribution is 2.29. The van der Waals surface area contributed by atoms with Gasteiger partial charge in [-0.25, -0.2) is 0 Å². The molecule has 9 heteroatoms. The number of aromatic nitrogens is 1. The number of hydrogen-bond donors (Lipinski definition) is 0. The molecular weight excluding hydrogens is 420 g/mol. The standard InChI is InChI=1S/C22H20N2O6S/c1-4-29-14-8-9-15-18(11-14)31-22(24(15)12-19(25)28-3)23-21(26)17-10-13-6-5-7-16(27-2)20(13)30-17/h5-11H,4,12H2,1-3H3. The van der Waals surface area contributed by atoms with Crippen LogP contribution in [0.25, 0.3) is 21.2 Å². The van der Waals surface area contributed by atoms with Gasteiger partial charge >= 0.3 is 11.9 Å². The third-order valence-electron chi connectivity index (χ3n) is 4.62. The van der Waals surface area contributed by atoms with E-state index in [2.05, 4.69) is 4.99 Å². The van der Waals surface area contributed by atoms with Gasteiger partial charge in [0, 0.05) is 5.39 Å². The van der Waals surface area contributed by atoms with Gasteiger partial charge in [-0.3, -0.25) is 9.59 Å². The summed E-state index contributed by atoms with van der Waals surface area (Å²) < 4.78 is 23.8. The molecule has 0 aliphatic heterocycles. The van der Waals surface area contributed by atoms with Crippen molar-refractivity contribution in [1.29, 1.82) is 0 Å². The maximum Gasteiger partial charge on any atom is 0.325 e. The molecule has 0 unspecified atom stereocenters. The van der Waals surface area contributed by atoms with Crippen molar-refractivity contribution in [2.75, 3.05) is 20.8 Å². The highest BCUT2D eigenvalue weighted by atomic mass is 32.1. The number of fused-ring (bicyclic) bond motifs is 2. The van der Waals surface area contributed by atoms with Crippen LogP contribution in [-0.2, 0) is 16.1 Å².